The first-order valence-corrected chi connectivity index (χ1v) is 12.4. The summed E-state index contributed by atoms with van der Waals surface area (Å²) in [5, 5.41) is 10.3. The molecule has 3 heterocycles. The van der Waals surface area contributed by atoms with Gasteiger partial charge in [-0.2, -0.15) is 0 Å². The van der Waals surface area contributed by atoms with Crippen molar-refractivity contribution in [1.82, 2.24) is 19.4 Å². The quantitative estimate of drug-likeness (QED) is 0.422. The number of imidazole rings is 1. The number of pyridine rings is 1. The van der Waals surface area contributed by atoms with E-state index in [4.69, 9.17) is 4.74 Å². The molecule has 8 heteroatoms. The van der Waals surface area contributed by atoms with Gasteiger partial charge < -0.3 is 19.3 Å². The van der Waals surface area contributed by atoms with Crippen molar-refractivity contribution in [1.29, 1.82) is 0 Å². The molecular formula is C27H35FN4O3. The molecule has 0 aliphatic carbocycles. The third-order valence-electron chi connectivity index (χ3n) is 7.32. The minimum Gasteiger partial charge on any atom is -0.497 e. The lowest BCUT2D eigenvalue weighted by Crippen LogP contribution is -2.42. The minimum absolute atomic E-state index is 0.0379. The number of aryl methyl sites for hydroxylation is 2. The molecule has 3 atom stereocenters. The van der Waals surface area contributed by atoms with E-state index in [1.54, 1.807) is 19.4 Å². The van der Waals surface area contributed by atoms with Gasteiger partial charge in [0.15, 0.2) is 0 Å². The van der Waals surface area contributed by atoms with Crippen molar-refractivity contribution in [3.63, 3.8) is 0 Å². The van der Waals surface area contributed by atoms with Gasteiger partial charge in [-0.15, -0.1) is 0 Å². The summed E-state index contributed by atoms with van der Waals surface area (Å²) < 4.78 is 22.8. The predicted molar refractivity (Wildman–Crippen MR) is 133 cm³/mol. The highest BCUT2D eigenvalue weighted by molar-refractivity contribution is 5.83. The maximum Gasteiger partial charge on any atom is 0.303 e. The number of hydrogen-bond donors (Lipinski definition) is 1. The van der Waals surface area contributed by atoms with Gasteiger partial charge in [0.1, 0.15) is 17.7 Å². The molecule has 0 saturated carbocycles. The monoisotopic (exact) mass is 482 g/mol. The van der Waals surface area contributed by atoms with Crippen molar-refractivity contribution in [2.75, 3.05) is 26.7 Å². The standard InChI is InChI=1S/C27H35FN4O3/c1-31-15-12-30-26(31)4-3-13-32-14-10-19(20(18-32)16-27(33)34)5-7-24(28)22-9-11-29-25-8-6-21(35-2)17-23(22)25/h6,8-9,11-12,15,17,19-20,24H,3-5,7,10,13-14,16,18H2,1-2H3,(H,33,34)/t19-,20+,24?/m1/s1. The predicted octanol–water partition coefficient (Wildman–Crippen LogP) is 4.81. The second kappa shape index (κ2) is 11.6. The van der Waals surface area contributed by atoms with Gasteiger partial charge in [-0.25, -0.2) is 9.37 Å². The van der Waals surface area contributed by atoms with Gasteiger partial charge >= 0.3 is 5.97 Å². The topological polar surface area (TPSA) is 80.5 Å². The van der Waals surface area contributed by atoms with Gasteiger partial charge in [-0.05, 0) is 80.4 Å². The smallest absolute Gasteiger partial charge is 0.303 e. The first-order valence-electron chi connectivity index (χ1n) is 12.4. The number of carboxylic acids is 1. The summed E-state index contributed by atoms with van der Waals surface area (Å²) >= 11 is 0. The summed E-state index contributed by atoms with van der Waals surface area (Å²) in [5.74, 6) is 1.21. The number of halogens is 1. The van der Waals surface area contributed by atoms with Crippen LogP contribution >= 0.6 is 0 Å². The normalized spacial score (nSPS) is 19.6. The molecule has 1 fully saturated rings. The van der Waals surface area contributed by atoms with Gasteiger partial charge in [0.25, 0.3) is 0 Å². The molecule has 35 heavy (non-hydrogen) atoms. The van der Waals surface area contributed by atoms with Crippen LogP contribution in [0.25, 0.3) is 10.9 Å². The Bertz CT molecular complexity index is 1130. The number of nitrogens with zero attached hydrogens (tertiary/aromatic N) is 4. The molecule has 3 aromatic rings. The average molecular weight is 483 g/mol. The fourth-order valence-electron chi connectivity index (χ4n) is 5.36. The van der Waals surface area contributed by atoms with Gasteiger partial charge in [0.05, 0.1) is 12.6 Å². The number of carbonyl (C=O) groups is 1. The molecule has 1 unspecified atom stereocenters. The highest BCUT2D eigenvalue weighted by Gasteiger charge is 2.31. The summed E-state index contributed by atoms with van der Waals surface area (Å²) in [6.07, 6.45) is 8.25. The molecule has 0 radical (unpaired) electrons. The van der Waals surface area contributed by atoms with E-state index in [0.717, 1.165) is 55.6 Å². The van der Waals surface area contributed by atoms with Crippen LogP contribution in [0.15, 0.2) is 42.9 Å². The Morgan fingerprint density at radius 1 is 1.26 bits per heavy atom. The van der Waals surface area contributed by atoms with E-state index in [2.05, 4.69) is 14.9 Å². The van der Waals surface area contributed by atoms with E-state index >= 15 is 4.39 Å². The first kappa shape index (κ1) is 25.1. The number of rotatable bonds is 11. The summed E-state index contributed by atoms with van der Waals surface area (Å²) in [6, 6.07) is 7.25. The number of aromatic nitrogens is 3. The third-order valence-corrected chi connectivity index (χ3v) is 7.32. The number of fused-ring (bicyclic) bond motifs is 1. The number of carboxylic acid groups (broad SMARTS) is 1. The molecule has 1 saturated heterocycles. The van der Waals surface area contributed by atoms with Crippen LogP contribution in [0.3, 0.4) is 0 Å². The van der Waals surface area contributed by atoms with Crippen LogP contribution in [0.5, 0.6) is 5.75 Å². The first-order chi connectivity index (χ1) is 16.9. The summed E-state index contributed by atoms with van der Waals surface area (Å²) in [6.45, 7) is 2.60. The summed E-state index contributed by atoms with van der Waals surface area (Å²) in [5.41, 5.74) is 1.36. The van der Waals surface area contributed by atoms with Crippen molar-refractivity contribution in [2.45, 2.75) is 44.7 Å². The number of piperidine rings is 1. The van der Waals surface area contributed by atoms with Crippen molar-refractivity contribution in [3.05, 3.63) is 54.2 Å². The largest absolute Gasteiger partial charge is 0.497 e. The SMILES string of the molecule is COc1ccc2nccc(C(F)CC[C@@H]3CCN(CCCc4nccn4C)C[C@@H]3CC(=O)O)c2c1. The highest BCUT2D eigenvalue weighted by atomic mass is 19.1. The molecule has 2 aromatic heterocycles. The van der Waals surface area contributed by atoms with E-state index in [9.17, 15) is 9.90 Å². The van der Waals surface area contributed by atoms with Crippen LogP contribution < -0.4 is 4.74 Å². The molecule has 0 bridgehead atoms. The van der Waals surface area contributed by atoms with Crippen LogP contribution in [0.4, 0.5) is 4.39 Å². The summed E-state index contributed by atoms with van der Waals surface area (Å²) in [4.78, 5) is 22.7. The van der Waals surface area contributed by atoms with E-state index in [-0.39, 0.29) is 18.3 Å². The Labute approximate surface area is 205 Å². The number of likely N-dealkylation sites (tertiary alicyclic amines) is 1. The maximum atomic E-state index is 15.5. The van der Waals surface area contributed by atoms with Gasteiger partial charge in [0.2, 0.25) is 0 Å². The lowest BCUT2D eigenvalue weighted by atomic mass is 9.79. The molecule has 4 rings (SSSR count). The van der Waals surface area contributed by atoms with Gasteiger partial charge in [0, 0.05) is 50.4 Å². The molecular weight excluding hydrogens is 447 g/mol. The molecule has 1 aliphatic rings. The van der Waals surface area contributed by atoms with Crippen molar-refractivity contribution >= 4 is 16.9 Å². The number of benzene rings is 1. The molecule has 1 aliphatic heterocycles. The van der Waals surface area contributed by atoms with Crippen molar-refractivity contribution < 1.29 is 19.0 Å². The van der Waals surface area contributed by atoms with Gasteiger partial charge in [-0.1, -0.05) is 0 Å². The molecule has 1 N–H and O–H groups in total. The minimum atomic E-state index is -1.13. The second-order valence-corrected chi connectivity index (χ2v) is 9.59. The van der Waals surface area contributed by atoms with Crippen LogP contribution in [-0.4, -0.2) is 57.3 Å². The van der Waals surface area contributed by atoms with Crippen LogP contribution in [-0.2, 0) is 18.3 Å². The van der Waals surface area contributed by atoms with E-state index < -0.39 is 12.1 Å². The Morgan fingerprint density at radius 3 is 2.86 bits per heavy atom. The number of alkyl halides is 1. The van der Waals surface area contributed by atoms with Gasteiger partial charge in [-0.3, -0.25) is 9.78 Å². The number of ether oxygens (including phenoxy) is 1. The van der Waals surface area contributed by atoms with E-state index in [1.807, 2.05) is 42.2 Å². The van der Waals surface area contributed by atoms with Crippen LogP contribution in [0.1, 0.15) is 49.7 Å². The fraction of sp³-hybridized carbons (Fsp3) is 0.519. The van der Waals surface area contributed by atoms with Crippen LogP contribution in [0, 0.1) is 11.8 Å². The molecule has 7 nitrogen and oxygen atoms in total. The molecule has 188 valence electrons. The Balaban J connectivity index is 1.35. The second-order valence-electron chi connectivity index (χ2n) is 9.59. The zero-order valence-corrected chi connectivity index (χ0v) is 20.6. The molecule has 0 spiro atoms. The van der Waals surface area contributed by atoms with Crippen molar-refractivity contribution in [2.24, 2.45) is 18.9 Å². The Morgan fingerprint density at radius 2 is 2.11 bits per heavy atom. The van der Waals surface area contributed by atoms with Crippen molar-refractivity contribution in [3.8, 4) is 5.75 Å². The molecule has 1 aromatic carbocycles. The Hall–Kier alpha value is -3.00. The zero-order valence-electron chi connectivity index (χ0n) is 20.6. The number of methoxy groups -OCH3 is 1. The lowest BCUT2D eigenvalue weighted by molar-refractivity contribution is -0.139. The average Bonchev–Trinajstić information content (AvgIpc) is 3.26. The Kier molecular flexibility index (Phi) is 8.33. The van der Waals surface area contributed by atoms with E-state index in [1.165, 1.54) is 0 Å². The maximum absolute atomic E-state index is 15.5. The van der Waals surface area contributed by atoms with Crippen LogP contribution in [0.2, 0.25) is 0 Å². The zero-order chi connectivity index (χ0) is 24.8. The number of hydrogen-bond acceptors (Lipinski definition) is 5. The fourth-order valence-corrected chi connectivity index (χ4v) is 5.36. The van der Waals surface area contributed by atoms with E-state index in [0.29, 0.717) is 24.2 Å². The number of aliphatic carboxylic acids is 1. The lowest BCUT2D eigenvalue weighted by Gasteiger charge is -2.38. The summed E-state index contributed by atoms with van der Waals surface area (Å²) in [7, 11) is 3.60. The third kappa shape index (κ3) is 6.36. The molecule has 0 amide bonds. The highest BCUT2D eigenvalue weighted by Crippen LogP contribution is 2.36.